The summed E-state index contributed by atoms with van der Waals surface area (Å²) in [5.41, 5.74) is 1.38. The summed E-state index contributed by atoms with van der Waals surface area (Å²) < 4.78 is 15.7. The lowest BCUT2D eigenvalue weighted by molar-refractivity contribution is 0.531. The number of rotatable bonds is 2. The predicted molar refractivity (Wildman–Crippen MR) is 62.1 cm³/mol. The number of fused-ring (bicyclic) bond motifs is 1. The van der Waals surface area contributed by atoms with E-state index in [1.165, 1.54) is 6.07 Å². The highest BCUT2D eigenvalue weighted by molar-refractivity contribution is 6.16. The van der Waals surface area contributed by atoms with Gasteiger partial charge in [-0.15, -0.1) is 11.6 Å². The van der Waals surface area contributed by atoms with E-state index < -0.39 is 0 Å². The molecule has 0 spiro atoms. The maximum atomic E-state index is 13.6. The van der Waals surface area contributed by atoms with Crippen LogP contribution < -0.4 is 0 Å². The lowest BCUT2D eigenvalue weighted by atomic mass is 10.2. The third-order valence-electron chi connectivity index (χ3n) is 3.34. The second-order valence-electron chi connectivity index (χ2n) is 4.60. The topological polar surface area (TPSA) is 17.8 Å². The molecule has 0 N–H and O–H groups in total. The van der Waals surface area contributed by atoms with Gasteiger partial charge < -0.3 is 4.57 Å². The van der Waals surface area contributed by atoms with Crippen LogP contribution in [-0.2, 0) is 11.4 Å². The highest BCUT2D eigenvalue weighted by Gasteiger charge is 2.41. The number of alkyl halides is 1. The molecule has 1 aliphatic rings. The zero-order chi connectivity index (χ0) is 11.3. The van der Waals surface area contributed by atoms with Crippen LogP contribution in [0.3, 0.4) is 0 Å². The van der Waals surface area contributed by atoms with E-state index in [4.69, 9.17) is 11.6 Å². The second-order valence-corrected chi connectivity index (χ2v) is 4.87. The van der Waals surface area contributed by atoms with E-state index in [0.717, 1.165) is 24.2 Å². The van der Waals surface area contributed by atoms with Crippen molar-refractivity contribution in [3.8, 4) is 0 Å². The van der Waals surface area contributed by atoms with Crippen LogP contribution in [0.1, 0.15) is 25.6 Å². The average Bonchev–Trinajstić information content (AvgIpc) is 2.89. The van der Waals surface area contributed by atoms with Gasteiger partial charge in [0.05, 0.1) is 11.4 Å². The third-order valence-corrected chi connectivity index (χ3v) is 3.58. The number of aromatic nitrogens is 2. The molecule has 0 bridgehead atoms. The van der Waals surface area contributed by atoms with Crippen LogP contribution in [0.25, 0.3) is 11.0 Å². The van der Waals surface area contributed by atoms with Crippen LogP contribution >= 0.6 is 11.6 Å². The van der Waals surface area contributed by atoms with Gasteiger partial charge in [-0.1, -0.05) is 6.07 Å². The van der Waals surface area contributed by atoms with E-state index in [0.29, 0.717) is 11.4 Å². The molecular formula is C12H12ClFN2. The van der Waals surface area contributed by atoms with E-state index in [2.05, 4.69) is 16.5 Å². The molecule has 1 heterocycles. The van der Waals surface area contributed by atoms with Crippen LogP contribution in [0.4, 0.5) is 4.39 Å². The van der Waals surface area contributed by atoms with Gasteiger partial charge in [0.25, 0.3) is 0 Å². The molecule has 2 aromatic rings. The van der Waals surface area contributed by atoms with Gasteiger partial charge in [-0.25, -0.2) is 9.37 Å². The average molecular weight is 239 g/mol. The second kappa shape index (κ2) is 3.20. The predicted octanol–water partition coefficient (Wildman–Crippen LogP) is 3.42. The monoisotopic (exact) mass is 238 g/mol. The quantitative estimate of drug-likeness (QED) is 0.733. The van der Waals surface area contributed by atoms with Crippen LogP contribution in [-0.4, -0.2) is 9.55 Å². The van der Waals surface area contributed by atoms with E-state index in [1.807, 2.05) is 6.07 Å². The molecule has 1 fully saturated rings. The highest BCUT2D eigenvalue weighted by Crippen LogP contribution is 2.45. The minimum absolute atomic E-state index is 0.0900. The summed E-state index contributed by atoms with van der Waals surface area (Å²) in [6.45, 7) is 2.16. The van der Waals surface area contributed by atoms with Crippen molar-refractivity contribution in [1.82, 2.24) is 9.55 Å². The standard InChI is InChI=1S/C12H12ClFN2/c1-12(5-6-12)16-9-4-2-3-8(14)11(9)15-10(16)7-13/h2-4H,5-7H2,1H3. The van der Waals surface area contributed by atoms with Crippen molar-refractivity contribution in [2.24, 2.45) is 0 Å². The number of halogens is 2. The maximum absolute atomic E-state index is 13.6. The summed E-state index contributed by atoms with van der Waals surface area (Å²) in [5, 5.41) is 0. The molecule has 2 nitrogen and oxygen atoms in total. The molecule has 0 radical (unpaired) electrons. The normalized spacial score (nSPS) is 17.9. The summed E-state index contributed by atoms with van der Waals surface area (Å²) in [4.78, 5) is 4.29. The fourth-order valence-corrected chi connectivity index (χ4v) is 2.39. The van der Waals surface area contributed by atoms with Crippen molar-refractivity contribution in [1.29, 1.82) is 0 Å². The minimum Gasteiger partial charge on any atom is -0.321 e. The Morgan fingerprint density at radius 1 is 1.50 bits per heavy atom. The van der Waals surface area contributed by atoms with Crippen molar-refractivity contribution in [3.05, 3.63) is 29.8 Å². The zero-order valence-corrected chi connectivity index (χ0v) is 9.76. The van der Waals surface area contributed by atoms with Crippen LogP contribution in [0.5, 0.6) is 0 Å². The van der Waals surface area contributed by atoms with Crippen molar-refractivity contribution < 1.29 is 4.39 Å². The Morgan fingerprint density at radius 2 is 2.25 bits per heavy atom. The first-order valence-corrected chi connectivity index (χ1v) is 5.91. The summed E-state index contributed by atoms with van der Waals surface area (Å²) in [6, 6.07) is 5.07. The molecule has 0 amide bonds. The number of imidazole rings is 1. The molecule has 84 valence electrons. The Kier molecular flexibility index (Phi) is 2.02. The van der Waals surface area contributed by atoms with Crippen molar-refractivity contribution in [3.63, 3.8) is 0 Å². The zero-order valence-electron chi connectivity index (χ0n) is 9.00. The molecule has 4 heteroatoms. The van der Waals surface area contributed by atoms with E-state index in [-0.39, 0.29) is 11.4 Å². The number of para-hydroxylation sites is 1. The van der Waals surface area contributed by atoms with Gasteiger partial charge in [-0.05, 0) is 31.9 Å². The molecular weight excluding hydrogens is 227 g/mol. The Labute approximate surface area is 98.0 Å². The van der Waals surface area contributed by atoms with Gasteiger partial charge >= 0.3 is 0 Å². The van der Waals surface area contributed by atoms with E-state index >= 15 is 0 Å². The molecule has 1 saturated carbocycles. The summed E-state index contributed by atoms with van der Waals surface area (Å²) in [7, 11) is 0. The van der Waals surface area contributed by atoms with Crippen molar-refractivity contribution >= 4 is 22.6 Å². The maximum Gasteiger partial charge on any atom is 0.151 e. The molecule has 3 rings (SSSR count). The SMILES string of the molecule is CC1(n2c(CCl)nc3c(F)cccc32)CC1. The first-order chi connectivity index (χ1) is 7.65. The first-order valence-electron chi connectivity index (χ1n) is 5.38. The fraction of sp³-hybridized carbons (Fsp3) is 0.417. The van der Waals surface area contributed by atoms with Crippen molar-refractivity contribution in [2.75, 3.05) is 0 Å². The van der Waals surface area contributed by atoms with Crippen molar-refractivity contribution in [2.45, 2.75) is 31.2 Å². The number of hydrogen-bond acceptors (Lipinski definition) is 1. The number of hydrogen-bond donors (Lipinski definition) is 0. The number of benzene rings is 1. The van der Waals surface area contributed by atoms with Gasteiger partial charge in [0.1, 0.15) is 11.3 Å². The van der Waals surface area contributed by atoms with Gasteiger partial charge in [0.2, 0.25) is 0 Å². The molecule has 0 aliphatic heterocycles. The largest absolute Gasteiger partial charge is 0.321 e. The molecule has 0 saturated heterocycles. The van der Waals surface area contributed by atoms with Gasteiger partial charge in [0.15, 0.2) is 5.82 Å². The molecule has 1 aromatic carbocycles. The van der Waals surface area contributed by atoms with Crippen LogP contribution in [0.2, 0.25) is 0 Å². The molecule has 16 heavy (non-hydrogen) atoms. The summed E-state index contributed by atoms with van der Waals surface area (Å²) >= 11 is 5.88. The van der Waals surface area contributed by atoms with Gasteiger partial charge in [-0.2, -0.15) is 0 Å². The third kappa shape index (κ3) is 1.27. The van der Waals surface area contributed by atoms with Gasteiger partial charge in [-0.3, -0.25) is 0 Å². The molecule has 1 aromatic heterocycles. The van der Waals surface area contributed by atoms with Gasteiger partial charge in [0, 0.05) is 5.54 Å². The van der Waals surface area contributed by atoms with Crippen LogP contribution in [0, 0.1) is 5.82 Å². The lowest BCUT2D eigenvalue weighted by Crippen LogP contribution is -2.14. The van der Waals surface area contributed by atoms with E-state index in [1.54, 1.807) is 6.07 Å². The number of nitrogens with zero attached hydrogens (tertiary/aromatic N) is 2. The Bertz CT molecular complexity index is 557. The van der Waals surface area contributed by atoms with E-state index in [9.17, 15) is 4.39 Å². The van der Waals surface area contributed by atoms with Crippen LogP contribution in [0.15, 0.2) is 18.2 Å². The molecule has 0 atom stereocenters. The Balaban J connectivity index is 2.36. The summed E-state index contributed by atoms with van der Waals surface area (Å²) in [5.74, 6) is 0.817. The smallest absolute Gasteiger partial charge is 0.151 e. The molecule has 1 aliphatic carbocycles. The first kappa shape index (κ1) is 10.1. The Hall–Kier alpha value is -1.09. The fourth-order valence-electron chi connectivity index (χ4n) is 2.21. The Morgan fingerprint density at radius 3 is 2.88 bits per heavy atom. The summed E-state index contributed by atoms with van der Waals surface area (Å²) in [6.07, 6.45) is 2.22. The lowest BCUT2D eigenvalue weighted by Gasteiger charge is -2.14. The highest BCUT2D eigenvalue weighted by atomic mass is 35.5. The molecule has 0 unspecified atom stereocenters. The minimum atomic E-state index is -0.271.